The summed E-state index contributed by atoms with van der Waals surface area (Å²) in [7, 11) is 1.68. The Kier molecular flexibility index (Phi) is 5.82. The molecular formula is C23H24N6OS. The van der Waals surface area contributed by atoms with Gasteiger partial charge in [0.2, 0.25) is 0 Å². The summed E-state index contributed by atoms with van der Waals surface area (Å²) in [5.74, 6) is 3.94. The molecule has 0 N–H and O–H groups in total. The van der Waals surface area contributed by atoms with Gasteiger partial charge in [-0.1, -0.05) is 24.3 Å². The van der Waals surface area contributed by atoms with E-state index in [-0.39, 0.29) is 6.04 Å². The van der Waals surface area contributed by atoms with Crippen molar-refractivity contribution in [3.63, 3.8) is 0 Å². The standard InChI is InChI=1S/C23H24N6OS/c1-30-20-7-4-17(5-8-20)16-29-23(25-26-27-29)22(28-11-13-31-14-12-28)19-6-9-21-18(15-19)3-2-10-24-21/h2-10,15,22H,11-14,16H2,1H3/t22-/m1/s1. The molecule has 158 valence electrons. The number of pyridine rings is 1. The van der Waals surface area contributed by atoms with Crippen LogP contribution in [0.2, 0.25) is 0 Å². The SMILES string of the molecule is COc1ccc(Cn2nnnc2[C@@H](c2ccc3ncccc3c2)N2CCSCC2)cc1. The number of rotatable bonds is 6. The average Bonchev–Trinajstić information content (AvgIpc) is 3.28. The van der Waals surface area contributed by atoms with Crippen molar-refractivity contribution in [2.24, 2.45) is 0 Å². The lowest BCUT2D eigenvalue weighted by Crippen LogP contribution is -2.38. The maximum Gasteiger partial charge on any atom is 0.173 e. The van der Waals surface area contributed by atoms with Crippen LogP contribution >= 0.6 is 11.8 Å². The zero-order valence-corrected chi connectivity index (χ0v) is 18.2. The van der Waals surface area contributed by atoms with Crippen molar-refractivity contribution >= 4 is 22.7 Å². The van der Waals surface area contributed by atoms with Crippen LogP contribution in [-0.2, 0) is 6.54 Å². The van der Waals surface area contributed by atoms with E-state index in [1.165, 1.54) is 5.56 Å². The Morgan fingerprint density at radius 1 is 1.06 bits per heavy atom. The van der Waals surface area contributed by atoms with E-state index in [9.17, 15) is 0 Å². The van der Waals surface area contributed by atoms with Crippen LogP contribution < -0.4 is 4.74 Å². The van der Waals surface area contributed by atoms with Crippen LogP contribution in [0.15, 0.2) is 60.8 Å². The minimum atomic E-state index is -0.00115. The van der Waals surface area contributed by atoms with Gasteiger partial charge in [0.15, 0.2) is 5.82 Å². The Morgan fingerprint density at radius 2 is 1.90 bits per heavy atom. The van der Waals surface area contributed by atoms with Crippen LogP contribution in [0.5, 0.6) is 5.75 Å². The lowest BCUT2D eigenvalue weighted by Gasteiger charge is -2.33. The molecule has 0 radical (unpaired) electrons. The number of hydrogen-bond donors (Lipinski definition) is 0. The summed E-state index contributed by atoms with van der Waals surface area (Å²) < 4.78 is 7.20. The van der Waals surface area contributed by atoms with E-state index >= 15 is 0 Å². The van der Waals surface area contributed by atoms with Gasteiger partial charge in [0.05, 0.1) is 25.2 Å². The predicted octanol–water partition coefficient (Wildman–Crippen LogP) is 3.42. The third kappa shape index (κ3) is 4.26. The minimum absolute atomic E-state index is 0.00115. The van der Waals surface area contributed by atoms with E-state index in [0.29, 0.717) is 6.54 Å². The van der Waals surface area contributed by atoms with Crippen LogP contribution in [0.3, 0.4) is 0 Å². The summed E-state index contributed by atoms with van der Waals surface area (Å²) in [5.41, 5.74) is 3.32. The van der Waals surface area contributed by atoms with Crippen LogP contribution in [0.4, 0.5) is 0 Å². The van der Waals surface area contributed by atoms with Gasteiger partial charge in [-0.25, -0.2) is 4.68 Å². The first-order valence-electron chi connectivity index (χ1n) is 10.4. The highest BCUT2D eigenvalue weighted by Crippen LogP contribution is 2.31. The van der Waals surface area contributed by atoms with Gasteiger partial charge in [-0.05, 0) is 51.9 Å². The molecule has 1 aliphatic heterocycles. The third-order valence-corrected chi connectivity index (χ3v) is 6.59. The molecule has 4 aromatic rings. The molecule has 0 aliphatic carbocycles. The zero-order chi connectivity index (χ0) is 21.0. The first-order valence-corrected chi connectivity index (χ1v) is 11.5. The maximum atomic E-state index is 5.28. The number of ether oxygens (including phenoxy) is 1. The van der Waals surface area contributed by atoms with Gasteiger partial charge in [-0.3, -0.25) is 9.88 Å². The molecule has 8 heteroatoms. The van der Waals surface area contributed by atoms with Gasteiger partial charge >= 0.3 is 0 Å². The van der Waals surface area contributed by atoms with E-state index in [0.717, 1.165) is 52.6 Å². The van der Waals surface area contributed by atoms with Gasteiger partial charge < -0.3 is 4.74 Å². The molecule has 0 saturated carbocycles. The molecule has 31 heavy (non-hydrogen) atoms. The van der Waals surface area contributed by atoms with Crippen LogP contribution in [0.1, 0.15) is 23.0 Å². The normalized spacial score (nSPS) is 15.8. The van der Waals surface area contributed by atoms with Crippen LogP contribution in [0, 0.1) is 0 Å². The zero-order valence-electron chi connectivity index (χ0n) is 17.4. The largest absolute Gasteiger partial charge is 0.497 e. The number of benzene rings is 2. The summed E-state index contributed by atoms with van der Waals surface area (Å²) in [5, 5.41) is 14.0. The van der Waals surface area contributed by atoms with Crippen molar-refractivity contribution in [2.45, 2.75) is 12.6 Å². The highest BCUT2D eigenvalue weighted by atomic mass is 32.2. The molecule has 5 rings (SSSR count). The third-order valence-electron chi connectivity index (χ3n) is 5.65. The number of hydrogen-bond acceptors (Lipinski definition) is 7. The topological polar surface area (TPSA) is 69.0 Å². The highest BCUT2D eigenvalue weighted by molar-refractivity contribution is 7.99. The first-order chi connectivity index (χ1) is 15.3. The van der Waals surface area contributed by atoms with E-state index in [2.05, 4.69) is 61.8 Å². The Morgan fingerprint density at radius 3 is 2.71 bits per heavy atom. The van der Waals surface area contributed by atoms with Crippen molar-refractivity contribution in [3.8, 4) is 5.75 Å². The molecule has 0 amide bonds. The molecule has 1 atom stereocenters. The summed E-state index contributed by atoms with van der Waals surface area (Å²) in [6, 6.07) is 18.6. The molecule has 7 nitrogen and oxygen atoms in total. The average molecular weight is 433 g/mol. The van der Waals surface area contributed by atoms with Crippen molar-refractivity contribution in [2.75, 3.05) is 31.7 Å². The first kappa shape index (κ1) is 20.0. The second-order valence-corrected chi connectivity index (χ2v) is 8.77. The summed E-state index contributed by atoms with van der Waals surface area (Å²) in [4.78, 5) is 6.96. The smallest absolute Gasteiger partial charge is 0.173 e. The summed E-state index contributed by atoms with van der Waals surface area (Å²) in [6.07, 6.45) is 1.83. The van der Waals surface area contributed by atoms with E-state index in [4.69, 9.17) is 4.74 Å². The maximum absolute atomic E-state index is 5.28. The second kappa shape index (κ2) is 9.03. The highest BCUT2D eigenvalue weighted by Gasteiger charge is 2.29. The molecule has 3 heterocycles. The van der Waals surface area contributed by atoms with E-state index < -0.39 is 0 Å². The molecule has 1 saturated heterocycles. The number of aromatic nitrogens is 5. The summed E-state index contributed by atoms with van der Waals surface area (Å²) in [6.45, 7) is 2.63. The molecule has 2 aromatic carbocycles. The van der Waals surface area contributed by atoms with E-state index in [1.54, 1.807) is 7.11 Å². The van der Waals surface area contributed by atoms with Gasteiger partial charge in [-0.2, -0.15) is 11.8 Å². The molecule has 1 fully saturated rings. The van der Waals surface area contributed by atoms with Crippen molar-refractivity contribution < 1.29 is 4.74 Å². The number of tetrazole rings is 1. The predicted molar refractivity (Wildman–Crippen MR) is 122 cm³/mol. The molecular weight excluding hydrogens is 408 g/mol. The quantitative estimate of drug-likeness (QED) is 0.462. The molecule has 2 aromatic heterocycles. The van der Waals surface area contributed by atoms with Gasteiger partial charge in [0.25, 0.3) is 0 Å². The van der Waals surface area contributed by atoms with Crippen molar-refractivity contribution in [1.82, 2.24) is 30.1 Å². The lowest BCUT2D eigenvalue weighted by molar-refractivity contribution is 0.235. The van der Waals surface area contributed by atoms with Gasteiger partial charge in [0.1, 0.15) is 5.75 Å². The fraction of sp³-hybridized carbons (Fsp3) is 0.304. The van der Waals surface area contributed by atoms with Gasteiger partial charge in [0, 0.05) is 36.2 Å². The number of nitrogens with zero attached hydrogens (tertiary/aromatic N) is 6. The van der Waals surface area contributed by atoms with E-state index in [1.807, 2.05) is 40.8 Å². The Hall–Kier alpha value is -2.97. The fourth-order valence-electron chi connectivity index (χ4n) is 4.05. The second-order valence-electron chi connectivity index (χ2n) is 7.55. The lowest BCUT2D eigenvalue weighted by atomic mass is 10.0. The Balaban J connectivity index is 1.53. The molecule has 0 spiro atoms. The molecule has 0 unspecified atom stereocenters. The van der Waals surface area contributed by atoms with Crippen LogP contribution in [0.25, 0.3) is 10.9 Å². The Labute approximate surface area is 185 Å². The van der Waals surface area contributed by atoms with Crippen molar-refractivity contribution in [3.05, 3.63) is 77.7 Å². The number of methoxy groups -OCH3 is 1. The van der Waals surface area contributed by atoms with Gasteiger partial charge in [-0.15, -0.1) is 5.10 Å². The summed E-state index contributed by atoms with van der Waals surface area (Å²) >= 11 is 2.00. The van der Waals surface area contributed by atoms with Crippen LogP contribution in [-0.4, -0.2) is 61.8 Å². The number of fused-ring (bicyclic) bond motifs is 1. The number of thioether (sulfide) groups is 1. The fourth-order valence-corrected chi connectivity index (χ4v) is 4.98. The minimum Gasteiger partial charge on any atom is -0.497 e. The molecule has 0 bridgehead atoms. The molecule has 1 aliphatic rings. The monoisotopic (exact) mass is 432 g/mol. The van der Waals surface area contributed by atoms with Crippen molar-refractivity contribution in [1.29, 1.82) is 0 Å². The Bertz CT molecular complexity index is 1160.